The third-order valence-corrected chi connectivity index (χ3v) is 4.17. The van der Waals surface area contributed by atoms with Gasteiger partial charge in [0.25, 0.3) is 5.91 Å². The zero-order valence-electron chi connectivity index (χ0n) is 15.7. The zero-order valence-corrected chi connectivity index (χ0v) is 15.7. The Morgan fingerprint density at radius 1 is 1.21 bits per heavy atom. The van der Waals surface area contributed by atoms with Gasteiger partial charge in [0.2, 0.25) is 5.82 Å². The Hall–Kier alpha value is -3.42. The first kappa shape index (κ1) is 19.3. The van der Waals surface area contributed by atoms with Crippen LogP contribution in [0.2, 0.25) is 0 Å². The second kappa shape index (κ2) is 8.51. The number of nitrogens with one attached hydrogen (secondary N) is 1. The third kappa shape index (κ3) is 4.11. The predicted molar refractivity (Wildman–Crippen MR) is 101 cm³/mol. The van der Waals surface area contributed by atoms with Crippen LogP contribution in [-0.2, 0) is 4.79 Å². The topological polar surface area (TPSA) is 86.5 Å². The van der Waals surface area contributed by atoms with Crippen molar-refractivity contribution in [1.82, 2.24) is 10.3 Å². The fraction of sp³-hybridized carbons (Fsp3) is 0.250. The van der Waals surface area contributed by atoms with Gasteiger partial charge in [-0.3, -0.25) is 4.79 Å². The number of rotatable bonds is 7. The Morgan fingerprint density at radius 3 is 2.68 bits per heavy atom. The number of carbonyl (C=O) groups is 1. The monoisotopic (exact) mass is 385 g/mol. The highest BCUT2D eigenvalue weighted by Crippen LogP contribution is 2.29. The zero-order chi connectivity index (χ0) is 20.1. The number of benzene rings is 2. The normalized spacial score (nSPS) is 11.7. The van der Waals surface area contributed by atoms with Gasteiger partial charge in [0.15, 0.2) is 23.4 Å². The molecule has 0 fully saturated rings. The quantitative estimate of drug-likeness (QED) is 0.662. The molecule has 1 aromatic heterocycles. The highest BCUT2D eigenvalue weighted by atomic mass is 19.1. The molecule has 0 aliphatic carbocycles. The van der Waals surface area contributed by atoms with Crippen molar-refractivity contribution in [3.8, 4) is 22.8 Å². The van der Waals surface area contributed by atoms with Gasteiger partial charge in [0.1, 0.15) is 5.75 Å². The van der Waals surface area contributed by atoms with E-state index in [-0.39, 0.29) is 11.6 Å². The van der Waals surface area contributed by atoms with Gasteiger partial charge in [-0.15, -0.1) is 0 Å². The summed E-state index contributed by atoms with van der Waals surface area (Å²) < 4.78 is 29.4. The van der Waals surface area contributed by atoms with E-state index in [1.54, 1.807) is 38.3 Å². The summed E-state index contributed by atoms with van der Waals surface area (Å²) in [5.74, 6) is -0.117. The Labute approximate surface area is 161 Å². The molecular formula is C20H20FN3O4. The maximum Gasteiger partial charge on any atom is 0.266 e. The van der Waals surface area contributed by atoms with Gasteiger partial charge < -0.3 is 14.8 Å². The second-order valence-corrected chi connectivity index (χ2v) is 6.08. The fourth-order valence-electron chi connectivity index (χ4n) is 2.70. The highest BCUT2D eigenvalue weighted by molar-refractivity contribution is 5.96. The van der Waals surface area contributed by atoms with Crippen LogP contribution in [0.3, 0.4) is 0 Å². The van der Waals surface area contributed by atoms with Crippen molar-refractivity contribution < 1.29 is 23.3 Å². The van der Waals surface area contributed by atoms with Crippen LogP contribution in [-0.4, -0.2) is 29.4 Å². The lowest BCUT2D eigenvalue weighted by Gasteiger charge is -2.17. The van der Waals surface area contributed by atoms with Crippen molar-refractivity contribution in [2.75, 3.05) is 12.4 Å². The molecule has 0 saturated heterocycles. The molecule has 0 bridgehead atoms. The van der Waals surface area contributed by atoms with Crippen molar-refractivity contribution >= 4 is 11.7 Å². The average molecular weight is 385 g/mol. The molecule has 0 aliphatic heterocycles. The summed E-state index contributed by atoms with van der Waals surface area (Å²) in [4.78, 5) is 12.6. The van der Waals surface area contributed by atoms with Gasteiger partial charge in [0.05, 0.1) is 7.11 Å². The van der Waals surface area contributed by atoms with Crippen molar-refractivity contribution in [3.63, 3.8) is 0 Å². The number of anilines is 1. The van der Waals surface area contributed by atoms with Crippen LogP contribution in [0, 0.1) is 12.7 Å². The molecule has 2 aromatic carbocycles. The molecule has 1 amide bonds. The number of aromatic nitrogens is 2. The van der Waals surface area contributed by atoms with Crippen molar-refractivity contribution in [3.05, 3.63) is 53.8 Å². The van der Waals surface area contributed by atoms with Crippen LogP contribution in [0.4, 0.5) is 10.2 Å². The summed E-state index contributed by atoms with van der Waals surface area (Å²) in [6, 6.07) is 11.3. The number of methoxy groups -OCH3 is 1. The van der Waals surface area contributed by atoms with E-state index in [2.05, 4.69) is 15.6 Å². The largest absolute Gasteiger partial charge is 0.496 e. The first-order valence-electron chi connectivity index (χ1n) is 8.73. The number of halogens is 1. The minimum Gasteiger partial charge on any atom is -0.496 e. The van der Waals surface area contributed by atoms with E-state index in [0.717, 1.165) is 11.3 Å². The average Bonchev–Trinajstić information content (AvgIpc) is 3.15. The molecule has 0 aliphatic rings. The minimum absolute atomic E-state index is 0.00813. The Balaban J connectivity index is 1.78. The molecule has 3 rings (SSSR count). The third-order valence-electron chi connectivity index (χ3n) is 4.17. The number of amides is 1. The van der Waals surface area contributed by atoms with E-state index in [9.17, 15) is 9.18 Å². The summed E-state index contributed by atoms with van der Waals surface area (Å²) in [7, 11) is 1.59. The number of para-hydroxylation sites is 1. The number of hydrogen-bond donors (Lipinski definition) is 1. The van der Waals surface area contributed by atoms with Crippen LogP contribution in [0.5, 0.6) is 11.5 Å². The smallest absolute Gasteiger partial charge is 0.266 e. The fourth-order valence-corrected chi connectivity index (χ4v) is 2.70. The standard InChI is InChI=1S/C20H20FN3O4/c1-4-15(27-17-8-6-5-7-14(17)21)20(25)22-19-18(23-28-24-19)13-9-10-16(26-3)12(2)11-13/h5-11,15H,4H2,1-3H3,(H,22,24,25)/t15-/m1/s1. The number of carbonyl (C=O) groups excluding carboxylic acids is 1. The molecule has 0 spiro atoms. The first-order chi connectivity index (χ1) is 13.5. The van der Waals surface area contributed by atoms with Gasteiger partial charge in [-0.2, -0.15) is 0 Å². The summed E-state index contributed by atoms with van der Waals surface area (Å²) in [6.07, 6.45) is -0.568. The van der Waals surface area contributed by atoms with Gasteiger partial charge in [-0.05, 0) is 59.6 Å². The predicted octanol–water partition coefficient (Wildman–Crippen LogP) is 3.99. The van der Waals surface area contributed by atoms with Crippen LogP contribution < -0.4 is 14.8 Å². The molecule has 146 valence electrons. The maximum atomic E-state index is 13.8. The van der Waals surface area contributed by atoms with Gasteiger partial charge in [-0.1, -0.05) is 19.1 Å². The molecule has 3 aromatic rings. The lowest BCUT2D eigenvalue weighted by atomic mass is 10.1. The van der Waals surface area contributed by atoms with Gasteiger partial charge in [0, 0.05) is 5.56 Å². The molecule has 0 saturated carbocycles. The van der Waals surface area contributed by atoms with Crippen LogP contribution in [0.15, 0.2) is 47.1 Å². The van der Waals surface area contributed by atoms with E-state index in [0.29, 0.717) is 17.7 Å². The number of nitrogens with zero attached hydrogens (tertiary/aromatic N) is 2. The molecule has 8 heteroatoms. The molecule has 0 radical (unpaired) electrons. The lowest BCUT2D eigenvalue weighted by molar-refractivity contribution is -0.122. The molecule has 1 heterocycles. The second-order valence-electron chi connectivity index (χ2n) is 6.08. The van der Waals surface area contributed by atoms with E-state index in [1.807, 2.05) is 13.0 Å². The van der Waals surface area contributed by atoms with E-state index >= 15 is 0 Å². The Morgan fingerprint density at radius 2 is 2.00 bits per heavy atom. The SMILES string of the molecule is CC[C@@H](Oc1ccccc1F)C(=O)Nc1nonc1-c1ccc(OC)c(C)c1. The number of ether oxygens (including phenoxy) is 2. The summed E-state index contributed by atoms with van der Waals surface area (Å²) in [6.45, 7) is 3.66. The summed E-state index contributed by atoms with van der Waals surface area (Å²) in [5.41, 5.74) is 1.98. The summed E-state index contributed by atoms with van der Waals surface area (Å²) in [5, 5.41) is 10.3. The first-order valence-corrected chi connectivity index (χ1v) is 8.73. The minimum atomic E-state index is -0.904. The van der Waals surface area contributed by atoms with Crippen molar-refractivity contribution in [1.29, 1.82) is 0 Å². The van der Waals surface area contributed by atoms with Crippen molar-refractivity contribution in [2.45, 2.75) is 26.4 Å². The number of hydrogen-bond acceptors (Lipinski definition) is 6. The van der Waals surface area contributed by atoms with Gasteiger partial charge in [-0.25, -0.2) is 9.02 Å². The molecular weight excluding hydrogens is 365 g/mol. The summed E-state index contributed by atoms with van der Waals surface area (Å²) >= 11 is 0. The Bertz CT molecular complexity index is 974. The van der Waals surface area contributed by atoms with Crippen LogP contribution >= 0.6 is 0 Å². The highest BCUT2D eigenvalue weighted by Gasteiger charge is 2.23. The van der Waals surface area contributed by atoms with Crippen LogP contribution in [0.25, 0.3) is 11.3 Å². The van der Waals surface area contributed by atoms with Gasteiger partial charge >= 0.3 is 0 Å². The Kier molecular flexibility index (Phi) is 5.88. The van der Waals surface area contributed by atoms with Crippen molar-refractivity contribution in [2.24, 2.45) is 0 Å². The number of aryl methyl sites for hydroxylation is 1. The molecule has 1 atom stereocenters. The molecule has 0 unspecified atom stereocenters. The molecule has 1 N–H and O–H groups in total. The van der Waals surface area contributed by atoms with E-state index in [1.165, 1.54) is 12.1 Å². The maximum absolute atomic E-state index is 13.8. The van der Waals surface area contributed by atoms with E-state index < -0.39 is 17.8 Å². The van der Waals surface area contributed by atoms with E-state index in [4.69, 9.17) is 14.1 Å². The van der Waals surface area contributed by atoms with Crippen LogP contribution in [0.1, 0.15) is 18.9 Å². The molecule has 7 nitrogen and oxygen atoms in total. The molecule has 28 heavy (non-hydrogen) atoms. The lowest BCUT2D eigenvalue weighted by Crippen LogP contribution is -2.32.